The number of aliphatic carboxylic acids is 1. The largest absolute Gasteiger partial charge is 0.480 e. The van der Waals surface area contributed by atoms with Crippen molar-refractivity contribution in [1.29, 1.82) is 0 Å². The highest BCUT2D eigenvalue weighted by Crippen LogP contribution is 2.21. The number of rotatable bonds is 5. The Morgan fingerprint density at radius 2 is 2.15 bits per heavy atom. The Balaban J connectivity index is 2.76. The van der Waals surface area contributed by atoms with Crippen molar-refractivity contribution in [3.05, 3.63) is 0 Å². The maximum Gasteiger partial charge on any atom is 0.323 e. The summed E-state index contributed by atoms with van der Waals surface area (Å²) in [5, 5.41) is 8.98. The maximum absolute atomic E-state index is 12.5. The first-order valence-electron chi connectivity index (χ1n) is 7.20. The zero-order chi connectivity index (χ0) is 15.3. The summed E-state index contributed by atoms with van der Waals surface area (Å²) in [5.74, 6) is -0.562. The molecule has 20 heavy (non-hydrogen) atoms. The lowest BCUT2D eigenvalue weighted by molar-refractivity contribution is -0.138. The number of hydrogen-bond donors (Lipinski definition) is 1. The first kappa shape index (κ1) is 16.8. The van der Waals surface area contributed by atoms with E-state index < -0.39 is 5.97 Å². The fourth-order valence-electron chi connectivity index (χ4n) is 2.47. The van der Waals surface area contributed by atoms with E-state index in [9.17, 15) is 9.59 Å². The molecule has 1 heterocycles. The van der Waals surface area contributed by atoms with Gasteiger partial charge in [0, 0.05) is 26.2 Å². The Kier molecular flexibility index (Phi) is 6.26. The summed E-state index contributed by atoms with van der Waals surface area (Å²) < 4.78 is 5.40. The Hall–Kier alpha value is -1.30. The fraction of sp³-hybridized carbons (Fsp3) is 0.857. The SMILES string of the molecule is CCC(C)N(CC(=O)O)C(=O)N1CCC(C)C(OC)C1. The van der Waals surface area contributed by atoms with Crippen molar-refractivity contribution < 1.29 is 19.4 Å². The molecule has 1 N–H and O–H groups in total. The third-order valence-electron chi connectivity index (χ3n) is 4.14. The molecule has 1 aliphatic rings. The van der Waals surface area contributed by atoms with Gasteiger partial charge < -0.3 is 19.6 Å². The molecule has 0 aromatic heterocycles. The number of methoxy groups -OCH3 is 1. The average molecular weight is 286 g/mol. The van der Waals surface area contributed by atoms with Gasteiger partial charge in [0.1, 0.15) is 6.54 Å². The number of piperidine rings is 1. The van der Waals surface area contributed by atoms with Crippen LogP contribution < -0.4 is 0 Å². The van der Waals surface area contributed by atoms with Crippen LogP contribution in [0.2, 0.25) is 0 Å². The molecule has 1 rings (SSSR count). The molecular weight excluding hydrogens is 260 g/mol. The van der Waals surface area contributed by atoms with Crippen molar-refractivity contribution in [2.75, 3.05) is 26.7 Å². The van der Waals surface area contributed by atoms with Gasteiger partial charge in [-0.05, 0) is 25.7 Å². The Morgan fingerprint density at radius 1 is 1.50 bits per heavy atom. The molecule has 1 aliphatic heterocycles. The Labute approximate surface area is 120 Å². The highest BCUT2D eigenvalue weighted by Gasteiger charge is 2.32. The second-order valence-electron chi connectivity index (χ2n) is 5.55. The summed E-state index contributed by atoms with van der Waals surface area (Å²) in [4.78, 5) is 26.6. The number of carboxylic acid groups (broad SMARTS) is 1. The van der Waals surface area contributed by atoms with Gasteiger partial charge in [-0.1, -0.05) is 13.8 Å². The number of hydrogen-bond acceptors (Lipinski definition) is 3. The van der Waals surface area contributed by atoms with E-state index in [4.69, 9.17) is 9.84 Å². The quantitative estimate of drug-likeness (QED) is 0.834. The van der Waals surface area contributed by atoms with Crippen LogP contribution in [0, 0.1) is 5.92 Å². The number of urea groups is 1. The van der Waals surface area contributed by atoms with Gasteiger partial charge in [-0.2, -0.15) is 0 Å². The molecule has 6 heteroatoms. The van der Waals surface area contributed by atoms with Crippen LogP contribution >= 0.6 is 0 Å². The van der Waals surface area contributed by atoms with Crippen molar-refractivity contribution in [2.24, 2.45) is 5.92 Å². The molecule has 3 unspecified atom stereocenters. The number of nitrogens with zero attached hydrogens (tertiary/aromatic N) is 2. The van der Waals surface area contributed by atoms with E-state index in [0.717, 1.165) is 12.8 Å². The number of carboxylic acids is 1. The third kappa shape index (κ3) is 4.10. The van der Waals surface area contributed by atoms with Crippen molar-refractivity contribution >= 4 is 12.0 Å². The standard InChI is InChI=1S/C14H26N2O4/c1-5-11(3)16(9-13(17)18)14(19)15-7-6-10(2)12(8-15)20-4/h10-12H,5-9H2,1-4H3,(H,17,18). The highest BCUT2D eigenvalue weighted by atomic mass is 16.5. The summed E-state index contributed by atoms with van der Waals surface area (Å²) >= 11 is 0. The smallest absolute Gasteiger partial charge is 0.323 e. The van der Waals surface area contributed by atoms with E-state index in [1.807, 2.05) is 13.8 Å². The van der Waals surface area contributed by atoms with Crippen LogP contribution in [0.3, 0.4) is 0 Å². The molecule has 1 saturated heterocycles. The molecule has 0 radical (unpaired) electrons. The predicted molar refractivity (Wildman–Crippen MR) is 75.6 cm³/mol. The van der Waals surface area contributed by atoms with Gasteiger partial charge in [0.25, 0.3) is 0 Å². The molecule has 0 bridgehead atoms. The van der Waals surface area contributed by atoms with Crippen LogP contribution in [-0.4, -0.2) is 65.8 Å². The predicted octanol–water partition coefficient (Wildman–Crippen LogP) is 1.65. The molecule has 0 aromatic rings. The molecule has 116 valence electrons. The third-order valence-corrected chi connectivity index (χ3v) is 4.14. The fourth-order valence-corrected chi connectivity index (χ4v) is 2.47. The molecule has 0 spiro atoms. The number of ether oxygens (including phenoxy) is 1. The summed E-state index contributed by atoms with van der Waals surface area (Å²) in [6, 6.07) is -0.283. The molecule has 0 saturated carbocycles. The molecule has 2 amide bonds. The van der Waals surface area contributed by atoms with Gasteiger partial charge >= 0.3 is 12.0 Å². The van der Waals surface area contributed by atoms with Crippen molar-refractivity contribution in [3.63, 3.8) is 0 Å². The summed E-state index contributed by atoms with van der Waals surface area (Å²) in [5.41, 5.74) is 0. The van der Waals surface area contributed by atoms with Gasteiger partial charge in [-0.3, -0.25) is 4.79 Å². The van der Waals surface area contributed by atoms with Crippen LogP contribution in [0.15, 0.2) is 0 Å². The average Bonchev–Trinajstić information content (AvgIpc) is 2.43. The minimum absolute atomic E-state index is 0.0244. The minimum Gasteiger partial charge on any atom is -0.480 e. The zero-order valence-corrected chi connectivity index (χ0v) is 12.8. The van der Waals surface area contributed by atoms with E-state index in [-0.39, 0.29) is 24.7 Å². The van der Waals surface area contributed by atoms with Gasteiger partial charge in [0.2, 0.25) is 0 Å². The number of likely N-dealkylation sites (tertiary alicyclic amines) is 1. The molecule has 1 fully saturated rings. The summed E-state index contributed by atoms with van der Waals surface area (Å²) in [7, 11) is 1.65. The molecule has 6 nitrogen and oxygen atoms in total. The van der Waals surface area contributed by atoms with Gasteiger partial charge in [-0.25, -0.2) is 4.79 Å². The lowest BCUT2D eigenvalue weighted by Gasteiger charge is -2.39. The van der Waals surface area contributed by atoms with E-state index in [2.05, 4.69) is 6.92 Å². The van der Waals surface area contributed by atoms with E-state index in [1.165, 1.54) is 4.90 Å². The molecular formula is C14H26N2O4. The van der Waals surface area contributed by atoms with Crippen LogP contribution in [0.1, 0.15) is 33.6 Å². The number of carbonyl (C=O) groups is 2. The van der Waals surface area contributed by atoms with Gasteiger partial charge in [-0.15, -0.1) is 0 Å². The van der Waals surface area contributed by atoms with Crippen molar-refractivity contribution in [1.82, 2.24) is 9.80 Å². The van der Waals surface area contributed by atoms with Crippen LogP contribution in [0.5, 0.6) is 0 Å². The van der Waals surface area contributed by atoms with Crippen LogP contribution in [0.25, 0.3) is 0 Å². The van der Waals surface area contributed by atoms with Crippen LogP contribution in [0.4, 0.5) is 4.79 Å². The first-order chi connectivity index (χ1) is 9.40. The van der Waals surface area contributed by atoms with Crippen molar-refractivity contribution in [2.45, 2.75) is 45.8 Å². The summed E-state index contributed by atoms with van der Waals surface area (Å²) in [6.45, 7) is 6.87. The second-order valence-corrected chi connectivity index (χ2v) is 5.55. The second kappa shape index (κ2) is 7.47. The zero-order valence-electron chi connectivity index (χ0n) is 12.8. The topological polar surface area (TPSA) is 70.1 Å². The Morgan fingerprint density at radius 3 is 2.65 bits per heavy atom. The molecule has 0 aliphatic carbocycles. The molecule has 3 atom stereocenters. The highest BCUT2D eigenvalue weighted by molar-refractivity contribution is 5.80. The summed E-state index contributed by atoms with van der Waals surface area (Å²) in [6.07, 6.45) is 1.64. The van der Waals surface area contributed by atoms with E-state index in [0.29, 0.717) is 19.0 Å². The van der Waals surface area contributed by atoms with E-state index in [1.54, 1.807) is 12.0 Å². The van der Waals surface area contributed by atoms with Gasteiger partial charge in [0.15, 0.2) is 0 Å². The van der Waals surface area contributed by atoms with Crippen LogP contribution in [-0.2, 0) is 9.53 Å². The van der Waals surface area contributed by atoms with Crippen molar-refractivity contribution in [3.8, 4) is 0 Å². The minimum atomic E-state index is -0.979. The Bertz CT molecular complexity index is 348. The normalized spacial score (nSPS) is 24.3. The maximum atomic E-state index is 12.5. The lowest BCUT2D eigenvalue weighted by Crippen LogP contribution is -2.54. The first-order valence-corrected chi connectivity index (χ1v) is 7.20. The monoisotopic (exact) mass is 286 g/mol. The van der Waals surface area contributed by atoms with E-state index >= 15 is 0 Å². The lowest BCUT2D eigenvalue weighted by atomic mass is 9.96. The number of carbonyl (C=O) groups excluding carboxylic acids is 1. The molecule has 0 aromatic carbocycles. The van der Waals surface area contributed by atoms with Gasteiger partial charge in [0.05, 0.1) is 6.10 Å². The number of amides is 2.